The summed E-state index contributed by atoms with van der Waals surface area (Å²) in [6, 6.07) is 6.96. The normalized spacial score (nSPS) is 16.3. The molecule has 2 amide bonds. The first kappa shape index (κ1) is 20.1. The van der Waals surface area contributed by atoms with E-state index in [-0.39, 0.29) is 17.5 Å². The van der Waals surface area contributed by atoms with E-state index in [1.54, 1.807) is 11.1 Å². The number of aryl methyl sites for hydroxylation is 2. The number of carbonyl (C=O) groups is 2. The predicted octanol–water partition coefficient (Wildman–Crippen LogP) is 3.25. The minimum absolute atomic E-state index is 0.200. The van der Waals surface area contributed by atoms with Crippen LogP contribution in [0.15, 0.2) is 36.7 Å². The summed E-state index contributed by atoms with van der Waals surface area (Å²) in [5.41, 5.74) is 2.56. The Morgan fingerprint density at radius 2 is 2.00 bits per heavy atom. The zero-order valence-electron chi connectivity index (χ0n) is 16.8. The lowest BCUT2D eigenvalue weighted by Crippen LogP contribution is -2.50. The summed E-state index contributed by atoms with van der Waals surface area (Å²) in [5, 5.41) is 12.9. The number of rotatable bonds is 4. The van der Waals surface area contributed by atoms with Crippen LogP contribution in [0.25, 0.3) is 10.6 Å². The molecule has 3 aromatic rings. The van der Waals surface area contributed by atoms with Crippen LogP contribution < -0.4 is 5.32 Å². The maximum absolute atomic E-state index is 13.1. The maximum atomic E-state index is 13.1. The van der Waals surface area contributed by atoms with Crippen LogP contribution >= 0.6 is 11.3 Å². The third-order valence-electron chi connectivity index (χ3n) is 4.97. The van der Waals surface area contributed by atoms with Crippen molar-refractivity contribution in [2.24, 2.45) is 0 Å². The van der Waals surface area contributed by atoms with Gasteiger partial charge in [-0.2, -0.15) is 0 Å². The molecule has 30 heavy (non-hydrogen) atoms. The van der Waals surface area contributed by atoms with Gasteiger partial charge in [0.1, 0.15) is 21.8 Å². The van der Waals surface area contributed by atoms with Crippen molar-refractivity contribution >= 4 is 28.8 Å². The number of piperidine rings is 1. The molecule has 4 rings (SSSR count). The summed E-state index contributed by atoms with van der Waals surface area (Å²) in [7, 11) is 0. The summed E-state index contributed by atoms with van der Waals surface area (Å²) in [6.07, 6.45) is 5.40. The largest absolute Gasteiger partial charge is 0.325 e. The van der Waals surface area contributed by atoms with Crippen molar-refractivity contribution in [3.8, 4) is 10.6 Å². The molecule has 1 aliphatic rings. The molecule has 1 aliphatic heterocycles. The third kappa shape index (κ3) is 4.35. The van der Waals surface area contributed by atoms with Gasteiger partial charge in [-0.25, -0.2) is 4.98 Å². The highest BCUT2D eigenvalue weighted by Gasteiger charge is 2.33. The molecule has 2 aromatic heterocycles. The molecule has 1 saturated heterocycles. The van der Waals surface area contributed by atoms with Gasteiger partial charge in [-0.3, -0.25) is 14.6 Å². The van der Waals surface area contributed by atoms with E-state index in [4.69, 9.17) is 0 Å². The number of hydrogen-bond donors (Lipinski definition) is 1. The fourth-order valence-corrected chi connectivity index (χ4v) is 4.15. The summed E-state index contributed by atoms with van der Waals surface area (Å²) in [6.45, 7) is 4.24. The fourth-order valence-electron chi connectivity index (χ4n) is 3.47. The number of amides is 2. The molecule has 0 aliphatic carbocycles. The van der Waals surface area contributed by atoms with Gasteiger partial charge in [0, 0.05) is 24.0 Å². The second-order valence-electron chi connectivity index (χ2n) is 7.25. The maximum Gasteiger partial charge on any atom is 0.274 e. The number of carbonyl (C=O) groups excluding carboxylic acids is 2. The van der Waals surface area contributed by atoms with Gasteiger partial charge in [0.05, 0.1) is 11.9 Å². The molecule has 154 valence electrons. The summed E-state index contributed by atoms with van der Waals surface area (Å²) < 4.78 is 0. The lowest BCUT2D eigenvalue weighted by molar-refractivity contribution is -0.121. The van der Waals surface area contributed by atoms with Crippen LogP contribution in [0, 0.1) is 13.8 Å². The zero-order valence-corrected chi connectivity index (χ0v) is 17.6. The minimum Gasteiger partial charge on any atom is -0.325 e. The van der Waals surface area contributed by atoms with E-state index >= 15 is 0 Å². The molecule has 1 fully saturated rings. The van der Waals surface area contributed by atoms with Gasteiger partial charge in [-0.1, -0.05) is 23.5 Å². The lowest BCUT2D eigenvalue weighted by atomic mass is 10.0. The van der Waals surface area contributed by atoms with Crippen molar-refractivity contribution in [3.05, 3.63) is 53.1 Å². The van der Waals surface area contributed by atoms with Gasteiger partial charge in [0.15, 0.2) is 0 Å². The summed E-state index contributed by atoms with van der Waals surface area (Å²) >= 11 is 1.50. The monoisotopic (exact) mass is 422 g/mol. The van der Waals surface area contributed by atoms with Crippen molar-refractivity contribution in [1.29, 1.82) is 0 Å². The Balaban J connectivity index is 1.51. The Hall–Kier alpha value is -3.20. The Labute approximate surface area is 178 Å². The molecule has 0 unspecified atom stereocenters. The minimum atomic E-state index is -0.540. The number of nitrogens with one attached hydrogen (secondary N) is 1. The second-order valence-corrected chi connectivity index (χ2v) is 8.43. The lowest BCUT2D eigenvalue weighted by Gasteiger charge is -2.34. The molecule has 1 N–H and O–H groups in total. The molecule has 9 heteroatoms. The van der Waals surface area contributed by atoms with Crippen molar-refractivity contribution in [3.63, 3.8) is 0 Å². The highest BCUT2D eigenvalue weighted by Crippen LogP contribution is 2.26. The number of aromatic nitrogens is 4. The number of nitrogens with zero attached hydrogens (tertiary/aromatic N) is 5. The van der Waals surface area contributed by atoms with Crippen LogP contribution in [0.5, 0.6) is 0 Å². The zero-order chi connectivity index (χ0) is 21.1. The van der Waals surface area contributed by atoms with Gasteiger partial charge in [-0.15, -0.1) is 10.2 Å². The number of benzene rings is 1. The number of hydrogen-bond acceptors (Lipinski definition) is 7. The van der Waals surface area contributed by atoms with Crippen LogP contribution in [0.2, 0.25) is 0 Å². The Bertz CT molecular complexity index is 1070. The second kappa shape index (κ2) is 8.66. The van der Waals surface area contributed by atoms with Crippen molar-refractivity contribution in [2.75, 3.05) is 11.9 Å². The number of likely N-dealkylation sites (tertiary alicyclic amines) is 1. The molecular formula is C21H22N6O2S. The molecule has 8 nitrogen and oxygen atoms in total. The van der Waals surface area contributed by atoms with Gasteiger partial charge in [0.25, 0.3) is 5.91 Å². The smallest absolute Gasteiger partial charge is 0.274 e. The quantitative estimate of drug-likeness (QED) is 0.693. The van der Waals surface area contributed by atoms with Gasteiger partial charge in [-0.05, 0) is 45.2 Å². The average molecular weight is 423 g/mol. The van der Waals surface area contributed by atoms with Gasteiger partial charge in [0.2, 0.25) is 5.91 Å². The molecule has 1 atom stereocenters. The van der Waals surface area contributed by atoms with E-state index in [0.717, 1.165) is 34.1 Å². The highest BCUT2D eigenvalue weighted by atomic mass is 32.1. The molecule has 0 saturated carbocycles. The van der Waals surface area contributed by atoms with Crippen LogP contribution in [0.4, 0.5) is 5.69 Å². The Morgan fingerprint density at radius 3 is 2.73 bits per heavy atom. The number of anilines is 1. The molecule has 0 bridgehead atoms. The van der Waals surface area contributed by atoms with E-state index in [0.29, 0.717) is 18.7 Å². The predicted molar refractivity (Wildman–Crippen MR) is 114 cm³/mol. The van der Waals surface area contributed by atoms with Crippen LogP contribution in [0.1, 0.15) is 40.5 Å². The Morgan fingerprint density at radius 1 is 1.13 bits per heavy atom. The first-order chi connectivity index (χ1) is 14.5. The molecule has 0 radical (unpaired) electrons. The molecule has 3 heterocycles. The topological polar surface area (TPSA) is 101 Å². The fraction of sp³-hybridized carbons (Fsp3) is 0.333. The SMILES string of the molecule is Cc1cnc(C(=O)N2CCCC[C@H]2C(=O)Nc2cccc(-c3nnc(C)s3)c2)cn1. The Kier molecular flexibility index (Phi) is 5.80. The standard InChI is InChI=1S/C21H22N6O2S/c1-13-11-23-17(12-22-13)21(29)27-9-4-3-8-18(27)19(28)24-16-7-5-6-15(10-16)20-26-25-14(2)30-20/h5-7,10-12,18H,3-4,8-9H2,1-2H3,(H,24,28)/t18-/m0/s1. The molecule has 0 spiro atoms. The van der Waals surface area contributed by atoms with Crippen molar-refractivity contribution < 1.29 is 9.59 Å². The van der Waals surface area contributed by atoms with Gasteiger partial charge < -0.3 is 10.2 Å². The highest BCUT2D eigenvalue weighted by molar-refractivity contribution is 7.14. The first-order valence-corrected chi connectivity index (χ1v) is 10.6. The van der Waals surface area contributed by atoms with Crippen LogP contribution in [0.3, 0.4) is 0 Å². The van der Waals surface area contributed by atoms with E-state index in [1.165, 1.54) is 17.5 Å². The average Bonchev–Trinajstić information content (AvgIpc) is 3.20. The van der Waals surface area contributed by atoms with E-state index in [2.05, 4.69) is 25.5 Å². The first-order valence-electron chi connectivity index (χ1n) is 9.82. The van der Waals surface area contributed by atoms with E-state index in [9.17, 15) is 9.59 Å². The molecule has 1 aromatic carbocycles. The van der Waals surface area contributed by atoms with Gasteiger partial charge >= 0.3 is 0 Å². The van der Waals surface area contributed by atoms with E-state index in [1.807, 2.05) is 38.1 Å². The van der Waals surface area contributed by atoms with E-state index < -0.39 is 6.04 Å². The molecular weight excluding hydrogens is 400 g/mol. The van der Waals surface area contributed by atoms with Crippen molar-refractivity contribution in [1.82, 2.24) is 25.1 Å². The third-order valence-corrected chi connectivity index (χ3v) is 5.86. The van der Waals surface area contributed by atoms with Crippen LogP contribution in [-0.2, 0) is 4.79 Å². The van der Waals surface area contributed by atoms with Crippen LogP contribution in [-0.4, -0.2) is 49.5 Å². The summed E-state index contributed by atoms with van der Waals surface area (Å²) in [5.74, 6) is -0.464. The summed E-state index contributed by atoms with van der Waals surface area (Å²) in [4.78, 5) is 35.9. The van der Waals surface area contributed by atoms with Crippen molar-refractivity contribution in [2.45, 2.75) is 39.2 Å².